The number of hydrogen-bond acceptors (Lipinski definition) is 5. The number of carboxylic acid groups (broad SMARTS) is 1. The van der Waals surface area contributed by atoms with Crippen molar-refractivity contribution in [3.05, 3.63) is 47.3 Å². The summed E-state index contributed by atoms with van der Waals surface area (Å²) in [5, 5.41) is 9.00. The molecule has 2 aliphatic rings. The number of nitrogens with zero attached hydrogens (tertiary/aromatic N) is 2. The zero-order chi connectivity index (χ0) is 20.6. The minimum Gasteiger partial charge on any atom is -0.481 e. The highest BCUT2D eigenvalue weighted by Gasteiger charge is 2.39. The second-order valence-corrected chi connectivity index (χ2v) is 8.99. The van der Waals surface area contributed by atoms with E-state index in [0.29, 0.717) is 30.0 Å². The fourth-order valence-electron chi connectivity index (χ4n) is 4.93. The molecule has 1 saturated carbocycles. The predicted molar refractivity (Wildman–Crippen MR) is 111 cm³/mol. The first-order valence-corrected chi connectivity index (χ1v) is 10.4. The van der Waals surface area contributed by atoms with Gasteiger partial charge < -0.3 is 15.6 Å². The number of nitrogens with two attached hydrogens (primary N) is 1. The summed E-state index contributed by atoms with van der Waals surface area (Å²) in [6.07, 6.45) is 6.64. The highest BCUT2D eigenvalue weighted by Crippen LogP contribution is 2.43. The molecule has 1 unspecified atom stereocenters. The van der Waals surface area contributed by atoms with Crippen LogP contribution in [0.15, 0.2) is 30.6 Å². The Morgan fingerprint density at radius 3 is 2.45 bits per heavy atom. The Morgan fingerprint density at radius 1 is 1.14 bits per heavy atom. The highest BCUT2D eigenvalue weighted by molar-refractivity contribution is 5.67. The molecule has 3 N–H and O–H groups in total. The Hall–Kier alpha value is -2.63. The number of anilines is 1. The normalized spacial score (nSPS) is 25.7. The maximum absolute atomic E-state index is 10.9. The number of nitrogen functional groups attached to an aromatic ring is 1. The molecule has 6 nitrogen and oxygen atoms in total. The fraction of sp³-hybridized carbons (Fsp3) is 0.522. The number of ether oxygens (including phenoxy) is 1. The van der Waals surface area contributed by atoms with Crippen LogP contribution in [0.1, 0.15) is 74.5 Å². The van der Waals surface area contributed by atoms with Gasteiger partial charge in [-0.2, -0.15) is 0 Å². The van der Waals surface area contributed by atoms with Crippen LogP contribution in [0.2, 0.25) is 0 Å². The summed E-state index contributed by atoms with van der Waals surface area (Å²) in [5.41, 5.74) is 9.14. The zero-order valence-electron chi connectivity index (χ0n) is 17.1. The lowest BCUT2D eigenvalue weighted by Gasteiger charge is -2.39. The van der Waals surface area contributed by atoms with Gasteiger partial charge in [-0.15, -0.1) is 0 Å². The van der Waals surface area contributed by atoms with Crippen molar-refractivity contribution in [1.29, 1.82) is 0 Å². The van der Waals surface area contributed by atoms with E-state index in [0.717, 1.165) is 37.7 Å². The molecular formula is C23H29N3O3. The van der Waals surface area contributed by atoms with Gasteiger partial charge in [0, 0.05) is 12.3 Å². The number of hydrogen-bond donors (Lipinski definition) is 2. The number of aliphatic carboxylic acids is 1. The average Bonchev–Trinajstić information content (AvgIpc) is 2.67. The van der Waals surface area contributed by atoms with Crippen LogP contribution in [0, 0.1) is 5.92 Å². The van der Waals surface area contributed by atoms with Crippen molar-refractivity contribution in [2.24, 2.45) is 5.92 Å². The third kappa shape index (κ3) is 4.07. The minimum atomic E-state index is -0.678. The van der Waals surface area contributed by atoms with Crippen molar-refractivity contribution in [1.82, 2.24) is 9.97 Å². The van der Waals surface area contributed by atoms with Gasteiger partial charge in [-0.1, -0.05) is 24.3 Å². The molecule has 1 fully saturated rings. The molecule has 29 heavy (non-hydrogen) atoms. The molecule has 0 saturated heterocycles. The van der Waals surface area contributed by atoms with E-state index >= 15 is 0 Å². The molecule has 2 heterocycles. The number of benzene rings is 1. The van der Waals surface area contributed by atoms with Crippen LogP contribution in [-0.4, -0.2) is 26.6 Å². The number of carboxylic acids is 1. The Balaban J connectivity index is 1.48. The van der Waals surface area contributed by atoms with E-state index in [2.05, 4.69) is 48.1 Å². The molecule has 0 bridgehead atoms. The Bertz CT molecular complexity index is 887. The summed E-state index contributed by atoms with van der Waals surface area (Å²) < 4.78 is 6.18. The summed E-state index contributed by atoms with van der Waals surface area (Å²) in [4.78, 5) is 19.3. The Morgan fingerprint density at radius 2 is 1.79 bits per heavy atom. The van der Waals surface area contributed by atoms with Gasteiger partial charge in [0.15, 0.2) is 0 Å². The van der Waals surface area contributed by atoms with E-state index in [4.69, 9.17) is 15.6 Å². The van der Waals surface area contributed by atoms with E-state index in [1.165, 1.54) is 17.5 Å². The van der Waals surface area contributed by atoms with Crippen LogP contribution in [0.25, 0.3) is 0 Å². The van der Waals surface area contributed by atoms with E-state index in [-0.39, 0.29) is 11.5 Å². The van der Waals surface area contributed by atoms with Gasteiger partial charge in [0.05, 0.1) is 5.56 Å². The van der Waals surface area contributed by atoms with E-state index < -0.39 is 5.97 Å². The van der Waals surface area contributed by atoms with Crippen LogP contribution >= 0.6 is 0 Å². The molecule has 0 amide bonds. The van der Waals surface area contributed by atoms with Crippen LogP contribution in [0.4, 0.5) is 5.82 Å². The summed E-state index contributed by atoms with van der Waals surface area (Å²) in [5.74, 6) is 1.43. The number of fused-ring (bicyclic) bond motifs is 1. The van der Waals surface area contributed by atoms with Gasteiger partial charge in [-0.3, -0.25) is 4.79 Å². The first-order valence-electron chi connectivity index (χ1n) is 10.4. The molecule has 0 radical (unpaired) electrons. The molecule has 1 atom stereocenters. The number of rotatable bonds is 4. The van der Waals surface area contributed by atoms with Crippen molar-refractivity contribution in [2.75, 3.05) is 5.73 Å². The summed E-state index contributed by atoms with van der Waals surface area (Å²) in [6, 6.07) is 8.88. The van der Waals surface area contributed by atoms with Gasteiger partial charge in [0.1, 0.15) is 17.7 Å². The fourth-order valence-corrected chi connectivity index (χ4v) is 4.93. The van der Waals surface area contributed by atoms with Crippen LogP contribution in [0.3, 0.4) is 0 Å². The summed E-state index contributed by atoms with van der Waals surface area (Å²) in [7, 11) is 0. The molecule has 0 spiro atoms. The predicted octanol–water partition coefficient (Wildman–Crippen LogP) is 4.30. The third-order valence-electron chi connectivity index (χ3n) is 6.67. The first kappa shape index (κ1) is 19.7. The summed E-state index contributed by atoms with van der Waals surface area (Å²) >= 11 is 0. The maximum atomic E-state index is 10.9. The molecule has 2 aromatic rings. The SMILES string of the molecule is CC1(C)Oc2ncnc(N)c2CC1c1ccc(C2CCC(CC(=O)O)CC2)cc1. The molecule has 1 aromatic carbocycles. The van der Waals surface area contributed by atoms with Crippen LogP contribution in [-0.2, 0) is 11.2 Å². The van der Waals surface area contributed by atoms with Crippen molar-refractivity contribution in [2.45, 2.75) is 69.8 Å². The number of carbonyl (C=O) groups is 1. The quantitative estimate of drug-likeness (QED) is 0.801. The van der Waals surface area contributed by atoms with E-state index in [1.54, 1.807) is 0 Å². The second-order valence-electron chi connectivity index (χ2n) is 8.99. The standard InChI is InChI=1S/C23H29N3O3/c1-23(2)19(12-18-21(24)25-13-26-22(18)29-23)17-9-7-16(8-10-17)15-5-3-14(4-6-15)11-20(27)28/h7-10,13-15,19H,3-6,11-12H2,1-2H3,(H,27,28)(H2,24,25,26). The van der Waals surface area contributed by atoms with E-state index in [9.17, 15) is 4.79 Å². The van der Waals surface area contributed by atoms with Crippen LogP contribution < -0.4 is 10.5 Å². The van der Waals surface area contributed by atoms with Gasteiger partial charge >= 0.3 is 5.97 Å². The maximum Gasteiger partial charge on any atom is 0.303 e. The molecule has 154 valence electrons. The van der Waals surface area contributed by atoms with Gasteiger partial charge in [-0.05, 0) is 68.9 Å². The van der Waals surface area contributed by atoms with Crippen molar-refractivity contribution in [3.8, 4) is 5.88 Å². The van der Waals surface area contributed by atoms with Crippen LogP contribution in [0.5, 0.6) is 5.88 Å². The lowest BCUT2D eigenvalue weighted by molar-refractivity contribution is -0.138. The minimum absolute atomic E-state index is 0.170. The lowest BCUT2D eigenvalue weighted by Crippen LogP contribution is -2.41. The van der Waals surface area contributed by atoms with Crippen molar-refractivity contribution in [3.63, 3.8) is 0 Å². The molecule has 1 aliphatic carbocycles. The zero-order valence-corrected chi connectivity index (χ0v) is 17.1. The first-order chi connectivity index (χ1) is 13.8. The lowest BCUT2D eigenvalue weighted by atomic mass is 9.75. The number of aromatic nitrogens is 2. The van der Waals surface area contributed by atoms with E-state index in [1.807, 2.05) is 0 Å². The molecule has 4 rings (SSSR count). The van der Waals surface area contributed by atoms with Crippen molar-refractivity contribution >= 4 is 11.8 Å². The highest BCUT2D eigenvalue weighted by atomic mass is 16.5. The summed E-state index contributed by atoms with van der Waals surface area (Å²) in [6.45, 7) is 4.19. The monoisotopic (exact) mass is 395 g/mol. The average molecular weight is 396 g/mol. The van der Waals surface area contributed by atoms with Gasteiger partial charge in [0.25, 0.3) is 0 Å². The molecule has 1 aliphatic heterocycles. The van der Waals surface area contributed by atoms with Crippen molar-refractivity contribution < 1.29 is 14.6 Å². The topological polar surface area (TPSA) is 98.3 Å². The van der Waals surface area contributed by atoms with Gasteiger partial charge in [-0.25, -0.2) is 9.97 Å². The third-order valence-corrected chi connectivity index (χ3v) is 6.67. The van der Waals surface area contributed by atoms with Gasteiger partial charge in [0.2, 0.25) is 5.88 Å². The Kier molecular flexibility index (Phi) is 5.19. The molecule has 1 aromatic heterocycles. The second kappa shape index (κ2) is 7.65. The molecular weight excluding hydrogens is 366 g/mol. The Labute approximate surface area is 171 Å². The molecule has 6 heteroatoms. The largest absolute Gasteiger partial charge is 0.481 e. The smallest absolute Gasteiger partial charge is 0.303 e.